The van der Waals surface area contributed by atoms with Crippen molar-refractivity contribution in [1.29, 1.82) is 5.26 Å². The van der Waals surface area contributed by atoms with Crippen molar-refractivity contribution in [3.8, 4) is 6.07 Å². The second kappa shape index (κ2) is 5.73. The molecule has 16 heavy (non-hydrogen) atoms. The lowest BCUT2D eigenvalue weighted by Crippen LogP contribution is -2.36. The van der Waals surface area contributed by atoms with E-state index in [1.54, 1.807) is 37.0 Å². The Morgan fingerprint density at radius 3 is 2.88 bits per heavy atom. The summed E-state index contributed by atoms with van der Waals surface area (Å²) in [4.78, 5) is 3.93. The van der Waals surface area contributed by atoms with Crippen LogP contribution in [0.5, 0.6) is 0 Å². The standard InChI is InChI=1S/C11H15N3OS/c1-11(15,8-16-2)7-14-10-4-3-9(5-12)13-6-10/h3-4,6,14-15H,7-8H2,1-2H3. The van der Waals surface area contributed by atoms with E-state index in [0.29, 0.717) is 18.0 Å². The minimum Gasteiger partial charge on any atom is -0.387 e. The molecule has 1 heterocycles. The van der Waals surface area contributed by atoms with Crippen LogP contribution in [0.25, 0.3) is 0 Å². The summed E-state index contributed by atoms with van der Waals surface area (Å²) in [6.07, 6.45) is 3.55. The number of pyridine rings is 1. The van der Waals surface area contributed by atoms with Gasteiger partial charge in [0.15, 0.2) is 0 Å². The first-order valence-corrected chi connectivity index (χ1v) is 6.28. The van der Waals surface area contributed by atoms with Gasteiger partial charge in [0, 0.05) is 12.3 Å². The van der Waals surface area contributed by atoms with Crippen molar-refractivity contribution in [3.05, 3.63) is 24.0 Å². The van der Waals surface area contributed by atoms with Gasteiger partial charge in [-0.05, 0) is 25.3 Å². The monoisotopic (exact) mass is 237 g/mol. The van der Waals surface area contributed by atoms with Crippen molar-refractivity contribution in [2.24, 2.45) is 0 Å². The highest BCUT2D eigenvalue weighted by Gasteiger charge is 2.18. The Morgan fingerprint density at radius 2 is 2.38 bits per heavy atom. The molecule has 1 atom stereocenters. The summed E-state index contributed by atoms with van der Waals surface area (Å²) in [5, 5.41) is 21.6. The van der Waals surface area contributed by atoms with E-state index in [1.165, 1.54) is 0 Å². The number of hydrogen-bond donors (Lipinski definition) is 2. The van der Waals surface area contributed by atoms with E-state index in [0.717, 1.165) is 5.69 Å². The molecular formula is C11H15N3OS. The fraction of sp³-hybridized carbons (Fsp3) is 0.455. The maximum absolute atomic E-state index is 9.92. The molecule has 2 N–H and O–H groups in total. The summed E-state index contributed by atoms with van der Waals surface area (Å²) < 4.78 is 0. The van der Waals surface area contributed by atoms with Gasteiger partial charge in [-0.2, -0.15) is 17.0 Å². The van der Waals surface area contributed by atoms with Crippen LogP contribution < -0.4 is 5.32 Å². The predicted molar refractivity (Wildman–Crippen MR) is 66.4 cm³/mol. The van der Waals surface area contributed by atoms with E-state index in [9.17, 15) is 5.11 Å². The summed E-state index contributed by atoms with van der Waals surface area (Å²) in [6, 6.07) is 5.38. The largest absolute Gasteiger partial charge is 0.387 e. The summed E-state index contributed by atoms with van der Waals surface area (Å²) in [6.45, 7) is 2.25. The first-order chi connectivity index (χ1) is 7.57. The highest BCUT2D eigenvalue weighted by molar-refractivity contribution is 7.98. The Bertz CT molecular complexity index is 370. The summed E-state index contributed by atoms with van der Waals surface area (Å²) in [5.41, 5.74) is 0.453. The maximum atomic E-state index is 9.92. The molecule has 0 amide bonds. The fourth-order valence-corrected chi connectivity index (χ4v) is 1.94. The van der Waals surface area contributed by atoms with Crippen LogP contribution in [0.3, 0.4) is 0 Å². The number of nitrogens with zero attached hydrogens (tertiary/aromatic N) is 2. The van der Waals surface area contributed by atoms with Crippen LogP contribution in [0.1, 0.15) is 12.6 Å². The van der Waals surface area contributed by atoms with Gasteiger partial charge in [-0.15, -0.1) is 0 Å². The van der Waals surface area contributed by atoms with Crippen LogP contribution in [-0.4, -0.2) is 34.2 Å². The van der Waals surface area contributed by atoms with Crippen LogP contribution in [0, 0.1) is 11.3 Å². The van der Waals surface area contributed by atoms with Gasteiger partial charge in [-0.3, -0.25) is 0 Å². The number of nitrogens with one attached hydrogen (secondary N) is 1. The quantitative estimate of drug-likeness (QED) is 0.811. The second-order valence-corrected chi connectivity index (χ2v) is 4.69. The normalized spacial score (nSPS) is 13.9. The Hall–Kier alpha value is -1.25. The Balaban J connectivity index is 2.52. The third kappa shape index (κ3) is 4.09. The molecule has 0 fully saturated rings. The molecule has 0 aliphatic carbocycles. The molecule has 0 saturated heterocycles. The molecule has 86 valence electrons. The van der Waals surface area contributed by atoms with Gasteiger partial charge in [0.2, 0.25) is 0 Å². The number of aromatic nitrogens is 1. The molecule has 1 aromatic heterocycles. The van der Waals surface area contributed by atoms with Crippen LogP contribution in [0.2, 0.25) is 0 Å². The number of thioether (sulfide) groups is 1. The molecule has 1 aromatic rings. The zero-order chi connectivity index (χ0) is 12.0. The topological polar surface area (TPSA) is 68.9 Å². The second-order valence-electron chi connectivity index (χ2n) is 3.83. The van der Waals surface area contributed by atoms with Crippen molar-refractivity contribution in [2.75, 3.05) is 23.9 Å². The van der Waals surface area contributed by atoms with Crippen molar-refractivity contribution < 1.29 is 5.11 Å². The lowest BCUT2D eigenvalue weighted by Gasteiger charge is -2.22. The smallest absolute Gasteiger partial charge is 0.140 e. The molecule has 0 aliphatic rings. The molecule has 5 heteroatoms. The van der Waals surface area contributed by atoms with Crippen LogP contribution >= 0.6 is 11.8 Å². The minimum absolute atomic E-state index is 0.390. The van der Waals surface area contributed by atoms with E-state index < -0.39 is 5.60 Å². The van der Waals surface area contributed by atoms with Gasteiger partial charge in [-0.25, -0.2) is 4.98 Å². The van der Waals surface area contributed by atoms with E-state index in [-0.39, 0.29) is 0 Å². The molecule has 0 aromatic carbocycles. The summed E-state index contributed by atoms with van der Waals surface area (Å²) in [5.74, 6) is 0.670. The summed E-state index contributed by atoms with van der Waals surface area (Å²) >= 11 is 1.60. The van der Waals surface area contributed by atoms with Crippen LogP contribution in [0.15, 0.2) is 18.3 Å². The van der Waals surface area contributed by atoms with E-state index in [1.807, 2.05) is 12.3 Å². The van der Waals surface area contributed by atoms with Crippen molar-refractivity contribution in [3.63, 3.8) is 0 Å². The van der Waals surface area contributed by atoms with Crippen LogP contribution in [0.4, 0.5) is 5.69 Å². The van der Waals surface area contributed by atoms with E-state index in [4.69, 9.17) is 5.26 Å². The lowest BCUT2D eigenvalue weighted by atomic mass is 10.1. The molecule has 0 aliphatic heterocycles. The zero-order valence-electron chi connectivity index (χ0n) is 9.40. The average Bonchev–Trinajstić information content (AvgIpc) is 2.27. The molecule has 1 unspecified atom stereocenters. The minimum atomic E-state index is -0.743. The molecule has 0 saturated carbocycles. The molecule has 0 bridgehead atoms. The predicted octanol–water partition coefficient (Wildman–Crippen LogP) is 1.48. The van der Waals surface area contributed by atoms with Gasteiger partial charge < -0.3 is 10.4 Å². The third-order valence-electron chi connectivity index (χ3n) is 2.01. The number of nitriles is 1. The molecule has 1 rings (SSSR count). The summed E-state index contributed by atoms with van der Waals surface area (Å²) in [7, 11) is 0. The number of rotatable bonds is 5. The Kier molecular flexibility index (Phi) is 4.59. The SMILES string of the molecule is CSCC(C)(O)CNc1ccc(C#N)nc1. The first kappa shape index (κ1) is 12.8. The van der Waals surface area contributed by atoms with E-state index in [2.05, 4.69) is 10.3 Å². The van der Waals surface area contributed by atoms with Gasteiger partial charge in [-0.1, -0.05) is 0 Å². The van der Waals surface area contributed by atoms with Gasteiger partial charge in [0.25, 0.3) is 0 Å². The highest BCUT2D eigenvalue weighted by Crippen LogP contribution is 2.13. The lowest BCUT2D eigenvalue weighted by molar-refractivity contribution is 0.0997. The molecule has 0 radical (unpaired) electrons. The van der Waals surface area contributed by atoms with Crippen molar-refractivity contribution in [1.82, 2.24) is 4.98 Å². The number of hydrogen-bond acceptors (Lipinski definition) is 5. The highest BCUT2D eigenvalue weighted by atomic mass is 32.2. The number of anilines is 1. The maximum Gasteiger partial charge on any atom is 0.140 e. The molecule has 0 spiro atoms. The average molecular weight is 237 g/mol. The Labute approximate surface area is 99.7 Å². The van der Waals surface area contributed by atoms with Crippen LogP contribution in [-0.2, 0) is 0 Å². The zero-order valence-corrected chi connectivity index (χ0v) is 10.2. The van der Waals surface area contributed by atoms with Crippen molar-refractivity contribution in [2.45, 2.75) is 12.5 Å². The molecule has 4 nitrogen and oxygen atoms in total. The first-order valence-electron chi connectivity index (χ1n) is 4.89. The van der Waals surface area contributed by atoms with Gasteiger partial charge in [0.05, 0.1) is 17.5 Å². The Morgan fingerprint density at radius 1 is 1.62 bits per heavy atom. The van der Waals surface area contributed by atoms with Gasteiger partial charge in [0.1, 0.15) is 11.8 Å². The van der Waals surface area contributed by atoms with E-state index >= 15 is 0 Å². The van der Waals surface area contributed by atoms with Gasteiger partial charge >= 0.3 is 0 Å². The fourth-order valence-electron chi connectivity index (χ4n) is 1.22. The third-order valence-corrected chi connectivity index (χ3v) is 2.92. The van der Waals surface area contributed by atoms with Crippen molar-refractivity contribution >= 4 is 17.4 Å². The molecular weight excluding hydrogens is 222 g/mol. The number of aliphatic hydroxyl groups is 1.